The van der Waals surface area contributed by atoms with Crippen LogP contribution in [0.2, 0.25) is 0 Å². The molecule has 0 heterocycles. The van der Waals surface area contributed by atoms with E-state index in [2.05, 4.69) is 0 Å². The second-order valence-electron chi connectivity index (χ2n) is 4.12. The molecule has 4 heteroatoms. The second-order valence-corrected chi connectivity index (χ2v) is 4.12. The van der Waals surface area contributed by atoms with Crippen LogP contribution in [0.4, 0.5) is 0 Å². The Morgan fingerprint density at radius 1 is 1.33 bits per heavy atom. The van der Waals surface area contributed by atoms with Gasteiger partial charge >= 0.3 is 5.97 Å². The predicted molar refractivity (Wildman–Crippen MR) is 70.5 cm³/mol. The standard InChI is InChI=1S/C14H21NO3/c1-3-12(14(16)17-2)10-18-13-6-4-11(5-7-13)8-9-15/h4-7,12H,3,8-10,15H2,1-2H3. The highest BCUT2D eigenvalue weighted by molar-refractivity contribution is 5.72. The van der Waals surface area contributed by atoms with E-state index in [0.29, 0.717) is 19.6 Å². The van der Waals surface area contributed by atoms with Crippen molar-refractivity contribution in [3.05, 3.63) is 29.8 Å². The van der Waals surface area contributed by atoms with Gasteiger partial charge in [-0.05, 0) is 37.1 Å². The third kappa shape index (κ3) is 4.37. The van der Waals surface area contributed by atoms with Crippen molar-refractivity contribution in [1.82, 2.24) is 0 Å². The Bertz CT molecular complexity index is 362. The van der Waals surface area contributed by atoms with Crippen LogP contribution < -0.4 is 10.5 Å². The van der Waals surface area contributed by atoms with Gasteiger partial charge in [0.25, 0.3) is 0 Å². The molecule has 0 radical (unpaired) electrons. The molecule has 1 unspecified atom stereocenters. The van der Waals surface area contributed by atoms with Crippen molar-refractivity contribution in [2.45, 2.75) is 19.8 Å². The van der Waals surface area contributed by atoms with E-state index < -0.39 is 0 Å². The number of methoxy groups -OCH3 is 1. The summed E-state index contributed by atoms with van der Waals surface area (Å²) in [5, 5.41) is 0. The molecular weight excluding hydrogens is 230 g/mol. The molecule has 0 fully saturated rings. The fourth-order valence-corrected chi connectivity index (χ4v) is 1.64. The van der Waals surface area contributed by atoms with Crippen LogP contribution in [-0.4, -0.2) is 26.2 Å². The molecule has 0 saturated heterocycles. The monoisotopic (exact) mass is 251 g/mol. The van der Waals surface area contributed by atoms with E-state index in [1.807, 2.05) is 31.2 Å². The van der Waals surface area contributed by atoms with Gasteiger partial charge in [0.1, 0.15) is 12.4 Å². The molecule has 1 rings (SSSR count). The van der Waals surface area contributed by atoms with Gasteiger partial charge < -0.3 is 15.2 Å². The van der Waals surface area contributed by atoms with Crippen LogP contribution in [-0.2, 0) is 16.0 Å². The minimum Gasteiger partial charge on any atom is -0.493 e. The number of carbonyl (C=O) groups excluding carboxylic acids is 1. The van der Waals surface area contributed by atoms with Gasteiger partial charge in [0.2, 0.25) is 0 Å². The molecule has 4 nitrogen and oxygen atoms in total. The van der Waals surface area contributed by atoms with Gasteiger partial charge in [0.05, 0.1) is 13.0 Å². The minimum atomic E-state index is -0.225. The number of rotatable bonds is 7. The molecule has 18 heavy (non-hydrogen) atoms. The average Bonchev–Trinajstić information content (AvgIpc) is 2.41. The third-order valence-corrected chi connectivity index (χ3v) is 2.83. The lowest BCUT2D eigenvalue weighted by atomic mass is 10.1. The Morgan fingerprint density at radius 3 is 2.50 bits per heavy atom. The van der Waals surface area contributed by atoms with E-state index in [1.54, 1.807) is 0 Å². The summed E-state index contributed by atoms with van der Waals surface area (Å²) >= 11 is 0. The zero-order chi connectivity index (χ0) is 13.4. The highest BCUT2D eigenvalue weighted by Crippen LogP contribution is 2.15. The van der Waals surface area contributed by atoms with Gasteiger partial charge in [0.15, 0.2) is 0 Å². The van der Waals surface area contributed by atoms with Crippen molar-refractivity contribution in [1.29, 1.82) is 0 Å². The van der Waals surface area contributed by atoms with Gasteiger partial charge in [0, 0.05) is 0 Å². The molecule has 0 spiro atoms. The molecule has 1 atom stereocenters. The van der Waals surface area contributed by atoms with Crippen molar-refractivity contribution in [3.63, 3.8) is 0 Å². The normalized spacial score (nSPS) is 11.9. The van der Waals surface area contributed by atoms with E-state index in [1.165, 1.54) is 12.7 Å². The molecule has 1 aromatic carbocycles. The first-order valence-electron chi connectivity index (χ1n) is 6.20. The second kappa shape index (κ2) is 7.71. The highest BCUT2D eigenvalue weighted by Gasteiger charge is 2.17. The van der Waals surface area contributed by atoms with Crippen molar-refractivity contribution < 1.29 is 14.3 Å². The summed E-state index contributed by atoms with van der Waals surface area (Å²) in [7, 11) is 1.40. The number of benzene rings is 1. The Morgan fingerprint density at radius 2 is 2.00 bits per heavy atom. The van der Waals surface area contributed by atoms with Gasteiger partial charge in [-0.1, -0.05) is 19.1 Å². The Balaban J connectivity index is 2.49. The number of carbonyl (C=O) groups is 1. The lowest BCUT2D eigenvalue weighted by molar-refractivity contribution is -0.146. The van der Waals surface area contributed by atoms with Crippen LogP contribution in [0.5, 0.6) is 5.75 Å². The zero-order valence-electron chi connectivity index (χ0n) is 11.0. The lowest BCUT2D eigenvalue weighted by Crippen LogP contribution is -2.22. The SMILES string of the molecule is CCC(COc1ccc(CCN)cc1)C(=O)OC. The summed E-state index contributed by atoms with van der Waals surface area (Å²) in [6.45, 7) is 2.93. The summed E-state index contributed by atoms with van der Waals surface area (Å²) in [6, 6.07) is 7.77. The first-order valence-corrected chi connectivity index (χ1v) is 6.20. The number of hydrogen-bond acceptors (Lipinski definition) is 4. The zero-order valence-corrected chi connectivity index (χ0v) is 11.0. The summed E-state index contributed by atoms with van der Waals surface area (Å²) < 4.78 is 10.3. The number of nitrogens with two attached hydrogens (primary N) is 1. The van der Waals surface area contributed by atoms with E-state index in [-0.39, 0.29) is 11.9 Å². The van der Waals surface area contributed by atoms with E-state index in [9.17, 15) is 4.79 Å². The predicted octanol–water partition coefficient (Wildman–Crippen LogP) is 1.77. The van der Waals surface area contributed by atoms with Crippen molar-refractivity contribution in [3.8, 4) is 5.75 Å². The smallest absolute Gasteiger partial charge is 0.312 e. The third-order valence-electron chi connectivity index (χ3n) is 2.83. The fourth-order valence-electron chi connectivity index (χ4n) is 1.64. The topological polar surface area (TPSA) is 61.5 Å². The van der Waals surface area contributed by atoms with Crippen LogP contribution in [0.25, 0.3) is 0 Å². The largest absolute Gasteiger partial charge is 0.493 e. The summed E-state index contributed by atoms with van der Waals surface area (Å²) in [4.78, 5) is 11.4. The Kier molecular flexibility index (Phi) is 6.22. The van der Waals surface area contributed by atoms with Crippen molar-refractivity contribution in [2.75, 3.05) is 20.3 Å². The Hall–Kier alpha value is -1.55. The van der Waals surface area contributed by atoms with Crippen LogP contribution in [0.1, 0.15) is 18.9 Å². The molecule has 0 amide bonds. The fraction of sp³-hybridized carbons (Fsp3) is 0.500. The van der Waals surface area contributed by atoms with Crippen molar-refractivity contribution in [2.24, 2.45) is 11.7 Å². The maximum atomic E-state index is 11.4. The number of esters is 1. The molecule has 0 aliphatic rings. The molecular formula is C14H21NO3. The number of ether oxygens (including phenoxy) is 2. The number of hydrogen-bond donors (Lipinski definition) is 1. The van der Waals surface area contributed by atoms with Gasteiger partial charge in [-0.25, -0.2) is 0 Å². The minimum absolute atomic E-state index is 0.210. The summed E-state index contributed by atoms with van der Waals surface area (Å²) in [5.41, 5.74) is 6.67. The van der Waals surface area contributed by atoms with Crippen LogP contribution >= 0.6 is 0 Å². The lowest BCUT2D eigenvalue weighted by Gasteiger charge is -2.13. The van der Waals surface area contributed by atoms with E-state index in [0.717, 1.165) is 12.2 Å². The van der Waals surface area contributed by atoms with Gasteiger partial charge in [-0.3, -0.25) is 4.79 Å². The average molecular weight is 251 g/mol. The maximum absolute atomic E-state index is 11.4. The van der Waals surface area contributed by atoms with Gasteiger partial charge in [-0.2, -0.15) is 0 Å². The van der Waals surface area contributed by atoms with Crippen LogP contribution in [0.15, 0.2) is 24.3 Å². The first kappa shape index (κ1) is 14.5. The molecule has 0 aliphatic carbocycles. The summed E-state index contributed by atoms with van der Waals surface area (Å²) in [6.07, 6.45) is 1.57. The van der Waals surface area contributed by atoms with E-state index >= 15 is 0 Å². The molecule has 0 saturated carbocycles. The summed E-state index contributed by atoms with van der Waals surface area (Å²) in [5.74, 6) is 0.328. The first-order chi connectivity index (χ1) is 8.71. The molecule has 1 aromatic rings. The van der Waals surface area contributed by atoms with E-state index in [4.69, 9.17) is 15.2 Å². The van der Waals surface area contributed by atoms with Crippen LogP contribution in [0.3, 0.4) is 0 Å². The molecule has 0 aromatic heterocycles. The van der Waals surface area contributed by atoms with Crippen molar-refractivity contribution >= 4 is 5.97 Å². The molecule has 100 valence electrons. The quantitative estimate of drug-likeness (QED) is 0.750. The highest BCUT2D eigenvalue weighted by atomic mass is 16.5. The molecule has 0 aliphatic heterocycles. The molecule has 0 bridgehead atoms. The van der Waals surface area contributed by atoms with Crippen LogP contribution in [0, 0.1) is 5.92 Å². The van der Waals surface area contributed by atoms with Gasteiger partial charge in [-0.15, -0.1) is 0 Å². The Labute approximate surface area is 108 Å². The maximum Gasteiger partial charge on any atom is 0.312 e. The molecule has 2 N–H and O–H groups in total.